The van der Waals surface area contributed by atoms with Crippen LogP contribution in [-0.4, -0.2) is 34.2 Å². The fourth-order valence-electron chi connectivity index (χ4n) is 1.92. The molecule has 1 aliphatic heterocycles. The number of amides is 1. The molecular weight excluding hydrogens is 246 g/mol. The van der Waals surface area contributed by atoms with Gasteiger partial charge in [0.05, 0.1) is 0 Å². The van der Waals surface area contributed by atoms with Crippen molar-refractivity contribution in [1.82, 2.24) is 4.90 Å². The summed E-state index contributed by atoms with van der Waals surface area (Å²) in [5.74, 6) is -1.07. The van der Waals surface area contributed by atoms with Crippen LogP contribution in [0.1, 0.15) is 12.5 Å². The van der Waals surface area contributed by atoms with Gasteiger partial charge >= 0.3 is 12.1 Å². The number of carboxylic acids is 1. The quantitative estimate of drug-likeness (QED) is 0.845. The van der Waals surface area contributed by atoms with E-state index in [4.69, 9.17) is 4.74 Å². The summed E-state index contributed by atoms with van der Waals surface area (Å²) < 4.78 is 5.14. The Morgan fingerprint density at radius 3 is 2.68 bits per heavy atom. The summed E-state index contributed by atoms with van der Waals surface area (Å²) in [5.41, 5.74) is -0.464. The molecule has 0 fully saturated rings. The lowest BCUT2D eigenvalue weighted by Crippen LogP contribution is -2.51. The summed E-state index contributed by atoms with van der Waals surface area (Å²) >= 11 is 0. The maximum Gasteiger partial charge on any atom is 0.411 e. The van der Waals surface area contributed by atoms with Crippen LogP contribution in [0.5, 0.6) is 0 Å². The Morgan fingerprint density at radius 2 is 2.05 bits per heavy atom. The number of rotatable bonds is 3. The fourth-order valence-corrected chi connectivity index (χ4v) is 1.92. The maximum atomic E-state index is 11.9. The molecule has 0 saturated heterocycles. The first-order valence-corrected chi connectivity index (χ1v) is 5.93. The molecule has 0 saturated carbocycles. The molecular formula is C14H15NO4. The van der Waals surface area contributed by atoms with Crippen molar-refractivity contribution in [2.24, 2.45) is 0 Å². The third-order valence-corrected chi connectivity index (χ3v) is 3.15. The van der Waals surface area contributed by atoms with Gasteiger partial charge < -0.3 is 9.84 Å². The van der Waals surface area contributed by atoms with Gasteiger partial charge in [0.2, 0.25) is 0 Å². The van der Waals surface area contributed by atoms with Gasteiger partial charge in [0, 0.05) is 6.54 Å². The number of hydrogen-bond donors (Lipinski definition) is 1. The summed E-state index contributed by atoms with van der Waals surface area (Å²) in [6.07, 6.45) is 2.52. The van der Waals surface area contributed by atoms with Crippen LogP contribution in [0.2, 0.25) is 0 Å². The molecule has 1 heterocycles. The van der Waals surface area contributed by atoms with E-state index in [0.29, 0.717) is 0 Å². The summed E-state index contributed by atoms with van der Waals surface area (Å²) in [4.78, 5) is 24.3. The number of aliphatic carboxylic acids is 1. The highest BCUT2D eigenvalue weighted by molar-refractivity contribution is 5.87. The highest BCUT2D eigenvalue weighted by atomic mass is 16.6. The van der Waals surface area contributed by atoms with Gasteiger partial charge in [-0.2, -0.15) is 0 Å². The average molecular weight is 261 g/mol. The van der Waals surface area contributed by atoms with Crippen molar-refractivity contribution >= 4 is 12.1 Å². The number of benzene rings is 1. The van der Waals surface area contributed by atoms with Gasteiger partial charge in [0.1, 0.15) is 6.61 Å². The van der Waals surface area contributed by atoms with Crippen LogP contribution in [0.4, 0.5) is 4.79 Å². The van der Waals surface area contributed by atoms with Crippen molar-refractivity contribution in [1.29, 1.82) is 0 Å². The van der Waals surface area contributed by atoms with Gasteiger partial charge in [-0.1, -0.05) is 42.5 Å². The van der Waals surface area contributed by atoms with Crippen LogP contribution < -0.4 is 0 Å². The van der Waals surface area contributed by atoms with E-state index < -0.39 is 17.6 Å². The number of ether oxygens (including phenoxy) is 1. The topological polar surface area (TPSA) is 66.8 Å². The molecule has 0 spiro atoms. The first kappa shape index (κ1) is 13.1. The van der Waals surface area contributed by atoms with E-state index in [2.05, 4.69) is 0 Å². The molecule has 5 heteroatoms. The van der Waals surface area contributed by atoms with Gasteiger partial charge in [-0.3, -0.25) is 4.90 Å². The summed E-state index contributed by atoms with van der Waals surface area (Å²) in [6, 6.07) is 9.25. The minimum atomic E-state index is -1.33. The molecule has 1 aromatic rings. The largest absolute Gasteiger partial charge is 0.479 e. The van der Waals surface area contributed by atoms with Crippen molar-refractivity contribution in [3.63, 3.8) is 0 Å². The molecule has 19 heavy (non-hydrogen) atoms. The standard InChI is InChI=1S/C14H15NO4/c1-14(12(16)17)8-5-9-15(14)13(18)19-10-11-6-3-2-4-7-11/h2-8H,9-10H2,1H3,(H,16,17). The van der Waals surface area contributed by atoms with E-state index in [-0.39, 0.29) is 13.2 Å². The van der Waals surface area contributed by atoms with Crippen molar-refractivity contribution in [2.75, 3.05) is 6.54 Å². The molecule has 1 aromatic carbocycles. The maximum absolute atomic E-state index is 11.9. The molecule has 0 aromatic heterocycles. The lowest BCUT2D eigenvalue weighted by Gasteiger charge is -2.29. The molecule has 100 valence electrons. The van der Waals surface area contributed by atoms with E-state index in [1.165, 1.54) is 17.9 Å². The predicted molar refractivity (Wildman–Crippen MR) is 68.5 cm³/mol. The normalized spacial score (nSPS) is 21.4. The highest BCUT2D eigenvalue weighted by Gasteiger charge is 2.43. The molecule has 0 bridgehead atoms. The predicted octanol–water partition coefficient (Wildman–Crippen LogP) is 2.04. The Kier molecular flexibility index (Phi) is 3.55. The molecule has 1 atom stereocenters. The van der Waals surface area contributed by atoms with Gasteiger partial charge in [-0.15, -0.1) is 0 Å². The number of carbonyl (C=O) groups is 2. The molecule has 1 amide bonds. The Morgan fingerprint density at radius 1 is 1.37 bits per heavy atom. The zero-order chi connectivity index (χ0) is 13.9. The lowest BCUT2D eigenvalue weighted by atomic mass is 10.0. The SMILES string of the molecule is CC1(C(=O)O)C=CCN1C(=O)OCc1ccccc1. The van der Waals surface area contributed by atoms with Crippen molar-refractivity contribution in [2.45, 2.75) is 19.1 Å². The Bertz CT molecular complexity index is 511. The molecule has 1 N–H and O–H groups in total. The van der Waals surface area contributed by atoms with Gasteiger partial charge in [0.25, 0.3) is 0 Å². The molecule has 2 rings (SSSR count). The smallest absolute Gasteiger partial charge is 0.411 e. The zero-order valence-corrected chi connectivity index (χ0v) is 10.6. The summed E-state index contributed by atoms with van der Waals surface area (Å²) in [6.45, 7) is 1.85. The highest BCUT2D eigenvalue weighted by Crippen LogP contribution is 2.24. The van der Waals surface area contributed by atoms with E-state index >= 15 is 0 Å². The summed E-state index contributed by atoms with van der Waals surface area (Å²) in [7, 11) is 0. The molecule has 0 radical (unpaired) electrons. The van der Waals surface area contributed by atoms with Crippen molar-refractivity contribution in [3.05, 3.63) is 48.0 Å². The first-order valence-electron chi connectivity index (χ1n) is 5.93. The first-order chi connectivity index (χ1) is 9.04. The van der Waals surface area contributed by atoms with Gasteiger partial charge in [0.15, 0.2) is 5.54 Å². The van der Waals surface area contributed by atoms with Crippen molar-refractivity contribution < 1.29 is 19.4 Å². The Balaban J connectivity index is 1.99. The molecule has 1 unspecified atom stereocenters. The van der Waals surface area contributed by atoms with Crippen LogP contribution in [0.3, 0.4) is 0 Å². The van der Waals surface area contributed by atoms with Crippen LogP contribution in [0, 0.1) is 0 Å². The second kappa shape index (κ2) is 5.14. The molecule has 0 aliphatic carbocycles. The Hall–Kier alpha value is -2.30. The summed E-state index contributed by atoms with van der Waals surface area (Å²) in [5, 5.41) is 9.18. The average Bonchev–Trinajstić information content (AvgIpc) is 2.81. The minimum Gasteiger partial charge on any atom is -0.479 e. The fraction of sp³-hybridized carbons (Fsp3) is 0.286. The van der Waals surface area contributed by atoms with E-state index in [1.54, 1.807) is 6.08 Å². The van der Waals surface area contributed by atoms with Gasteiger partial charge in [-0.05, 0) is 12.5 Å². The van der Waals surface area contributed by atoms with E-state index in [9.17, 15) is 14.7 Å². The zero-order valence-electron chi connectivity index (χ0n) is 10.6. The van der Waals surface area contributed by atoms with Crippen LogP contribution in [0.25, 0.3) is 0 Å². The monoisotopic (exact) mass is 261 g/mol. The number of carbonyl (C=O) groups excluding carboxylic acids is 1. The lowest BCUT2D eigenvalue weighted by molar-refractivity contribution is -0.145. The molecule has 5 nitrogen and oxygen atoms in total. The second-order valence-corrected chi connectivity index (χ2v) is 4.51. The number of nitrogens with zero attached hydrogens (tertiary/aromatic N) is 1. The Labute approximate surface area is 111 Å². The van der Waals surface area contributed by atoms with Crippen molar-refractivity contribution in [3.8, 4) is 0 Å². The number of hydrogen-bond acceptors (Lipinski definition) is 3. The van der Waals surface area contributed by atoms with Crippen LogP contribution in [0.15, 0.2) is 42.5 Å². The third kappa shape index (κ3) is 2.59. The van der Waals surface area contributed by atoms with Crippen LogP contribution >= 0.6 is 0 Å². The van der Waals surface area contributed by atoms with E-state index in [1.807, 2.05) is 30.3 Å². The van der Waals surface area contributed by atoms with Gasteiger partial charge in [-0.25, -0.2) is 9.59 Å². The minimum absolute atomic E-state index is 0.131. The second-order valence-electron chi connectivity index (χ2n) is 4.51. The van der Waals surface area contributed by atoms with E-state index in [0.717, 1.165) is 5.56 Å². The third-order valence-electron chi connectivity index (χ3n) is 3.15. The molecule has 1 aliphatic rings. The van der Waals surface area contributed by atoms with Crippen LogP contribution in [-0.2, 0) is 16.1 Å². The number of carboxylic acid groups (broad SMARTS) is 1.